The van der Waals surface area contributed by atoms with E-state index in [4.69, 9.17) is 32.2 Å². The molecule has 0 aromatic heterocycles. The van der Waals surface area contributed by atoms with E-state index < -0.39 is 7.75 Å². The summed E-state index contributed by atoms with van der Waals surface area (Å²) in [6.07, 6.45) is 0. The van der Waals surface area contributed by atoms with Gasteiger partial charge in [0.15, 0.2) is 0 Å². The molecule has 0 heterocycles. The van der Waals surface area contributed by atoms with Crippen LogP contribution in [-0.4, -0.2) is 0 Å². The zero-order valence-corrected chi connectivity index (χ0v) is 17.2. The second kappa shape index (κ2) is 8.26. The van der Waals surface area contributed by atoms with E-state index in [9.17, 15) is 4.57 Å². The van der Waals surface area contributed by atoms with Crippen LogP contribution >= 0.6 is 30.9 Å². The van der Waals surface area contributed by atoms with Crippen molar-refractivity contribution in [1.29, 1.82) is 0 Å². The van der Waals surface area contributed by atoms with Crippen molar-refractivity contribution in [2.45, 2.75) is 13.8 Å². The van der Waals surface area contributed by atoms with Crippen LogP contribution in [0.4, 0.5) is 5.69 Å². The Bertz CT molecular complexity index is 924. The van der Waals surface area contributed by atoms with Crippen LogP contribution in [0.15, 0.2) is 66.7 Å². The molecule has 3 aromatic rings. The summed E-state index contributed by atoms with van der Waals surface area (Å²) in [5, 5.41) is 4.04. The van der Waals surface area contributed by atoms with Gasteiger partial charge in [-0.15, -0.1) is 0 Å². The first kappa shape index (κ1) is 19.6. The third-order valence-electron chi connectivity index (χ3n) is 3.73. The molecule has 7 heteroatoms. The van der Waals surface area contributed by atoms with Gasteiger partial charge in [-0.05, 0) is 79.6 Å². The average molecular weight is 422 g/mol. The van der Waals surface area contributed by atoms with Crippen LogP contribution in [-0.2, 0) is 4.57 Å². The normalized spacial score (nSPS) is 11.1. The van der Waals surface area contributed by atoms with Gasteiger partial charge in [-0.1, -0.05) is 35.3 Å². The number of halogens is 2. The predicted molar refractivity (Wildman–Crippen MR) is 111 cm³/mol. The maximum atomic E-state index is 13.5. The molecule has 0 aliphatic carbocycles. The van der Waals surface area contributed by atoms with Crippen molar-refractivity contribution in [2.24, 2.45) is 0 Å². The molecular formula is C20H18Cl2NO3P. The van der Waals surface area contributed by atoms with E-state index in [2.05, 4.69) is 5.09 Å². The Kier molecular flexibility index (Phi) is 6.01. The molecule has 0 bridgehead atoms. The van der Waals surface area contributed by atoms with E-state index in [0.717, 1.165) is 11.1 Å². The quantitative estimate of drug-likeness (QED) is 0.424. The highest BCUT2D eigenvalue weighted by molar-refractivity contribution is 7.56. The average Bonchev–Trinajstić information content (AvgIpc) is 2.62. The highest BCUT2D eigenvalue weighted by Gasteiger charge is 2.29. The van der Waals surface area contributed by atoms with E-state index in [-0.39, 0.29) is 0 Å². The van der Waals surface area contributed by atoms with Gasteiger partial charge >= 0.3 is 7.75 Å². The Morgan fingerprint density at radius 1 is 0.778 bits per heavy atom. The largest absolute Gasteiger partial charge is 0.541 e. The number of aryl methyl sites for hydroxylation is 2. The topological polar surface area (TPSA) is 47.6 Å². The summed E-state index contributed by atoms with van der Waals surface area (Å²) in [7, 11) is -3.80. The molecule has 3 rings (SSSR count). The lowest BCUT2D eigenvalue weighted by Gasteiger charge is -2.22. The van der Waals surface area contributed by atoms with Crippen LogP contribution < -0.4 is 14.1 Å². The number of nitrogens with one attached hydrogen (secondary N) is 1. The minimum Gasteiger partial charge on any atom is -0.400 e. The fraction of sp³-hybridized carbons (Fsp3) is 0.100. The highest BCUT2D eigenvalue weighted by atomic mass is 35.5. The third-order valence-corrected chi connectivity index (χ3v) is 5.65. The zero-order valence-electron chi connectivity index (χ0n) is 14.8. The molecule has 0 spiro atoms. The maximum Gasteiger partial charge on any atom is 0.541 e. The van der Waals surface area contributed by atoms with Gasteiger partial charge in [-0.3, -0.25) is 5.09 Å². The molecule has 27 heavy (non-hydrogen) atoms. The van der Waals surface area contributed by atoms with Crippen molar-refractivity contribution in [3.63, 3.8) is 0 Å². The smallest absolute Gasteiger partial charge is 0.400 e. The molecule has 0 fully saturated rings. The second-order valence-electron chi connectivity index (χ2n) is 6.02. The van der Waals surface area contributed by atoms with E-state index >= 15 is 0 Å². The van der Waals surface area contributed by atoms with Gasteiger partial charge in [0.25, 0.3) is 0 Å². The van der Waals surface area contributed by atoms with Gasteiger partial charge in [-0.25, -0.2) is 4.57 Å². The maximum absolute atomic E-state index is 13.5. The first-order valence-electron chi connectivity index (χ1n) is 8.19. The van der Waals surface area contributed by atoms with E-state index in [1.807, 2.05) is 32.0 Å². The lowest BCUT2D eigenvalue weighted by Crippen LogP contribution is -2.10. The monoisotopic (exact) mass is 421 g/mol. The van der Waals surface area contributed by atoms with Gasteiger partial charge in [0.05, 0.1) is 0 Å². The first-order chi connectivity index (χ1) is 12.8. The van der Waals surface area contributed by atoms with E-state index in [1.54, 1.807) is 48.5 Å². The van der Waals surface area contributed by atoms with Crippen molar-refractivity contribution >= 4 is 36.6 Å². The fourth-order valence-corrected chi connectivity index (χ4v) is 4.05. The minimum atomic E-state index is -3.80. The summed E-state index contributed by atoms with van der Waals surface area (Å²) in [4.78, 5) is 0. The lowest BCUT2D eigenvalue weighted by atomic mass is 10.1. The fourth-order valence-electron chi connectivity index (χ4n) is 2.34. The molecule has 0 aliphatic heterocycles. The standard InChI is InChI=1S/C20H18Cl2NO3P/c1-14-3-4-15(2)20(13-14)23-27(24,25-18-9-5-16(21)6-10-18)26-19-11-7-17(22)8-12-19/h3-13H,1-2H3,(H,23,24). The highest BCUT2D eigenvalue weighted by Crippen LogP contribution is 2.49. The third kappa shape index (κ3) is 5.43. The molecule has 3 aromatic carbocycles. The summed E-state index contributed by atoms with van der Waals surface area (Å²) < 4.78 is 25.0. The molecule has 0 aliphatic rings. The second-order valence-corrected chi connectivity index (χ2v) is 8.47. The number of hydrogen-bond donors (Lipinski definition) is 1. The van der Waals surface area contributed by atoms with Gasteiger partial charge < -0.3 is 9.05 Å². The summed E-state index contributed by atoms with van der Waals surface area (Å²) in [6, 6.07) is 18.9. The molecule has 140 valence electrons. The summed E-state index contributed by atoms with van der Waals surface area (Å²) in [5.41, 5.74) is 2.61. The van der Waals surface area contributed by atoms with Crippen LogP contribution in [0.3, 0.4) is 0 Å². The van der Waals surface area contributed by atoms with Gasteiger partial charge in [-0.2, -0.15) is 0 Å². The Labute approximate surface area is 168 Å². The molecule has 0 saturated heterocycles. The summed E-state index contributed by atoms with van der Waals surface area (Å²) in [6.45, 7) is 3.87. The van der Waals surface area contributed by atoms with Crippen LogP contribution in [0.1, 0.15) is 11.1 Å². The summed E-state index contributed by atoms with van der Waals surface area (Å²) >= 11 is 11.8. The van der Waals surface area contributed by atoms with Crippen LogP contribution in [0.25, 0.3) is 0 Å². The Hall–Kier alpha value is -2.13. The molecule has 1 N–H and O–H groups in total. The summed E-state index contributed by atoms with van der Waals surface area (Å²) in [5.74, 6) is 0.740. The molecule has 0 amide bonds. The zero-order chi connectivity index (χ0) is 19.4. The molecule has 0 radical (unpaired) electrons. The van der Waals surface area contributed by atoms with Crippen molar-refractivity contribution < 1.29 is 13.6 Å². The number of anilines is 1. The molecule has 0 unspecified atom stereocenters. The van der Waals surface area contributed by atoms with Crippen molar-refractivity contribution in [3.8, 4) is 11.5 Å². The van der Waals surface area contributed by atoms with Crippen LogP contribution in [0.5, 0.6) is 11.5 Å². The molecular weight excluding hydrogens is 404 g/mol. The molecule has 0 saturated carbocycles. The van der Waals surface area contributed by atoms with E-state index in [1.165, 1.54) is 0 Å². The van der Waals surface area contributed by atoms with Gasteiger partial charge in [0.1, 0.15) is 11.5 Å². The van der Waals surface area contributed by atoms with Crippen LogP contribution in [0.2, 0.25) is 10.0 Å². The van der Waals surface area contributed by atoms with Crippen LogP contribution in [0, 0.1) is 13.8 Å². The van der Waals surface area contributed by atoms with Crippen molar-refractivity contribution in [2.75, 3.05) is 5.09 Å². The molecule has 0 atom stereocenters. The van der Waals surface area contributed by atoms with Crippen molar-refractivity contribution in [3.05, 3.63) is 87.9 Å². The Morgan fingerprint density at radius 3 is 1.74 bits per heavy atom. The number of rotatable bonds is 6. The van der Waals surface area contributed by atoms with E-state index in [0.29, 0.717) is 27.2 Å². The molecule has 4 nitrogen and oxygen atoms in total. The number of benzene rings is 3. The van der Waals surface area contributed by atoms with Gasteiger partial charge in [0.2, 0.25) is 0 Å². The first-order valence-corrected chi connectivity index (χ1v) is 10.5. The SMILES string of the molecule is Cc1ccc(C)c(NP(=O)(Oc2ccc(Cl)cc2)Oc2ccc(Cl)cc2)c1. The lowest BCUT2D eigenvalue weighted by molar-refractivity contribution is 0.393. The Balaban J connectivity index is 1.93. The Morgan fingerprint density at radius 2 is 1.26 bits per heavy atom. The number of hydrogen-bond acceptors (Lipinski definition) is 3. The van der Waals surface area contributed by atoms with Crippen molar-refractivity contribution in [1.82, 2.24) is 0 Å². The minimum absolute atomic E-state index is 0.370. The predicted octanol–water partition coefficient (Wildman–Crippen LogP) is 7.29. The van der Waals surface area contributed by atoms with Gasteiger partial charge in [0, 0.05) is 15.7 Å².